The van der Waals surface area contributed by atoms with Gasteiger partial charge in [-0.3, -0.25) is 0 Å². The Bertz CT molecular complexity index is 1040. The number of hydrogen-bond acceptors (Lipinski definition) is 5. The number of H-pyrrole nitrogens is 1. The van der Waals surface area contributed by atoms with Crippen LogP contribution in [0.3, 0.4) is 0 Å². The van der Waals surface area contributed by atoms with Crippen molar-refractivity contribution in [2.75, 3.05) is 11.1 Å². The minimum absolute atomic E-state index is 0.200. The van der Waals surface area contributed by atoms with Gasteiger partial charge in [0, 0.05) is 17.4 Å². The van der Waals surface area contributed by atoms with Crippen molar-refractivity contribution in [2.45, 2.75) is 13.5 Å². The number of hydrogen-bond donors (Lipinski definition) is 4. The zero-order chi connectivity index (χ0) is 16.7. The fraction of sp³-hybridized carbons (Fsp3) is 0.111. The Morgan fingerprint density at radius 1 is 1.17 bits per heavy atom. The van der Waals surface area contributed by atoms with Gasteiger partial charge < -0.3 is 21.1 Å². The number of anilines is 2. The van der Waals surface area contributed by atoms with Crippen LogP contribution in [0.5, 0.6) is 5.75 Å². The first-order valence-electron chi connectivity index (χ1n) is 7.68. The summed E-state index contributed by atoms with van der Waals surface area (Å²) in [5.74, 6) is 1.09. The summed E-state index contributed by atoms with van der Waals surface area (Å²) in [5, 5.41) is 15.1. The summed E-state index contributed by atoms with van der Waals surface area (Å²) in [6, 6.07) is 13.7. The number of nitrogens with zero attached hydrogens (tertiary/aromatic N) is 2. The molecule has 120 valence electrons. The van der Waals surface area contributed by atoms with Gasteiger partial charge in [-0.05, 0) is 30.2 Å². The third-order valence-electron chi connectivity index (χ3n) is 4.09. The van der Waals surface area contributed by atoms with Gasteiger partial charge in [0.2, 0.25) is 5.95 Å². The largest absolute Gasteiger partial charge is 0.508 e. The van der Waals surface area contributed by atoms with E-state index >= 15 is 0 Å². The predicted molar refractivity (Wildman–Crippen MR) is 96.0 cm³/mol. The summed E-state index contributed by atoms with van der Waals surface area (Å²) in [5.41, 5.74) is 9.33. The van der Waals surface area contributed by atoms with Gasteiger partial charge in [0.05, 0.1) is 5.39 Å². The molecule has 0 aliphatic rings. The van der Waals surface area contributed by atoms with Crippen molar-refractivity contribution in [2.24, 2.45) is 0 Å². The number of rotatable bonds is 3. The molecule has 0 aliphatic carbocycles. The molecule has 4 aromatic rings. The quantitative estimate of drug-likeness (QED) is 0.464. The number of aromatic hydroxyl groups is 1. The number of aryl methyl sites for hydroxylation is 1. The zero-order valence-electron chi connectivity index (χ0n) is 13.2. The molecule has 5 N–H and O–H groups in total. The summed E-state index contributed by atoms with van der Waals surface area (Å²) in [6.45, 7) is 2.48. The minimum Gasteiger partial charge on any atom is -0.508 e. The number of benzene rings is 2. The maximum atomic E-state index is 10.0. The predicted octanol–water partition coefficient (Wildman–Crippen LogP) is 3.32. The molecule has 2 aromatic carbocycles. The van der Waals surface area contributed by atoms with Gasteiger partial charge in [0.25, 0.3) is 0 Å². The third kappa shape index (κ3) is 2.38. The van der Waals surface area contributed by atoms with Gasteiger partial charge >= 0.3 is 0 Å². The van der Waals surface area contributed by atoms with Crippen LogP contribution in [0.2, 0.25) is 0 Å². The van der Waals surface area contributed by atoms with Gasteiger partial charge in [-0.2, -0.15) is 9.97 Å². The molecular weight excluding hydrogens is 302 g/mol. The maximum Gasteiger partial charge on any atom is 0.223 e. The second-order valence-corrected chi connectivity index (χ2v) is 5.80. The molecule has 0 amide bonds. The normalized spacial score (nSPS) is 11.2. The number of fused-ring (bicyclic) bond motifs is 3. The average Bonchev–Trinajstić information content (AvgIpc) is 2.91. The van der Waals surface area contributed by atoms with E-state index in [2.05, 4.69) is 20.3 Å². The lowest BCUT2D eigenvalue weighted by Gasteiger charge is -2.08. The molecule has 0 bridgehead atoms. The number of nitrogens with one attached hydrogen (secondary N) is 2. The van der Waals surface area contributed by atoms with Gasteiger partial charge in [-0.25, -0.2) is 0 Å². The average molecular weight is 319 g/mol. The standard InChI is InChI=1S/C18H17N5O/c1-10-7-13-12(8-14(10)24)15-16(22-18(19)23-17(15)21-13)20-9-11-5-3-2-4-6-11/h2-8,24H,9H2,1H3,(H4,19,20,21,22,23). The molecule has 0 spiro atoms. The Labute approximate surface area is 138 Å². The molecule has 2 aromatic heterocycles. The lowest BCUT2D eigenvalue weighted by Crippen LogP contribution is -2.05. The first kappa shape index (κ1) is 14.3. The SMILES string of the molecule is Cc1cc2[nH]c3nc(N)nc(NCc4ccccc4)c3c2cc1O. The maximum absolute atomic E-state index is 10.0. The van der Waals surface area contributed by atoms with E-state index in [0.29, 0.717) is 18.0 Å². The van der Waals surface area contributed by atoms with Crippen molar-refractivity contribution < 1.29 is 5.11 Å². The Balaban J connectivity index is 1.85. The zero-order valence-corrected chi connectivity index (χ0v) is 13.2. The number of aromatic amines is 1. The molecule has 6 heteroatoms. The molecule has 0 fully saturated rings. The smallest absolute Gasteiger partial charge is 0.223 e. The summed E-state index contributed by atoms with van der Waals surface area (Å²) in [7, 11) is 0. The van der Waals surface area contributed by atoms with E-state index in [1.54, 1.807) is 6.07 Å². The van der Waals surface area contributed by atoms with Crippen LogP contribution in [0, 0.1) is 6.92 Å². The highest BCUT2D eigenvalue weighted by Gasteiger charge is 2.14. The van der Waals surface area contributed by atoms with Crippen molar-refractivity contribution in [1.29, 1.82) is 0 Å². The van der Waals surface area contributed by atoms with Crippen LogP contribution in [0.15, 0.2) is 42.5 Å². The Morgan fingerprint density at radius 3 is 2.75 bits per heavy atom. The lowest BCUT2D eigenvalue weighted by molar-refractivity contribution is 0.472. The van der Waals surface area contributed by atoms with Crippen LogP contribution in [-0.2, 0) is 6.54 Å². The molecule has 0 radical (unpaired) electrons. The fourth-order valence-corrected chi connectivity index (χ4v) is 2.87. The van der Waals surface area contributed by atoms with E-state index in [0.717, 1.165) is 27.4 Å². The second-order valence-electron chi connectivity index (χ2n) is 5.80. The van der Waals surface area contributed by atoms with Crippen LogP contribution in [-0.4, -0.2) is 20.1 Å². The van der Waals surface area contributed by atoms with Gasteiger partial charge in [0.15, 0.2) is 0 Å². The number of phenolic OH excluding ortho intramolecular Hbond substituents is 1. The summed E-state index contributed by atoms with van der Waals surface area (Å²) in [6.07, 6.45) is 0. The lowest BCUT2D eigenvalue weighted by atomic mass is 10.1. The molecule has 4 rings (SSSR count). The van der Waals surface area contributed by atoms with Crippen molar-refractivity contribution in [3.63, 3.8) is 0 Å². The van der Waals surface area contributed by atoms with Gasteiger partial charge in [-0.15, -0.1) is 0 Å². The van der Waals surface area contributed by atoms with E-state index in [1.807, 2.05) is 43.3 Å². The fourth-order valence-electron chi connectivity index (χ4n) is 2.87. The first-order chi connectivity index (χ1) is 11.6. The van der Waals surface area contributed by atoms with Crippen LogP contribution in [0.1, 0.15) is 11.1 Å². The second kappa shape index (κ2) is 5.42. The van der Waals surface area contributed by atoms with Crippen molar-refractivity contribution in [3.8, 4) is 5.75 Å². The van der Waals surface area contributed by atoms with E-state index in [1.165, 1.54) is 0 Å². The van der Waals surface area contributed by atoms with Crippen molar-refractivity contribution in [1.82, 2.24) is 15.0 Å². The van der Waals surface area contributed by atoms with Gasteiger partial charge in [-0.1, -0.05) is 30.3 Å². The molecule has 0 aliphatic heterocycles. The van der Waals surface area contributed by atoms with E-state index in [-0.39, 0.29) is 11.7 Å². The topological polar surface area (TPSA) is 99.9 Å². The van der Waals surface area contributed by atoms with Crippen LogP contribution < -0.4 is 11.1 Å². The highest BCUT2D eigenvalue weighted by atomic mass is 16.3. The number of nitrogens with two attached hydrogens (primary N) is 1. The summed E-state index contributed by atoms with van der Waals surface area (Å²) < 4.78 is 0. The van der Waals surface area contributed by atoms with Crippen molar-refractivity contribution in [3.05, 3.63) is 53.6 Å². The Morgan fingerprint density at radius 2 is 1.96 bits per heavy atom. The highest BCUT2D eigenvalue weighted by molar-refractivity contribution is 6.12. The Hall–Kier alpha value is -3.28. The minimum atomic E-state index is 0.200. The van der Waals surface area contributed by atoms with Crippen LogP contribution in [0.4, 0.5) is 11.8 Å². The monoisotopic (exact) mass is 319 g/mol. The molecule has 24 heavy (non-hydrogen) atoms. The molecular formula is C18H17N5O. The molecule has 2 heterocycles. The van der Waals surface area contributed by atoms with E-state index in [4.69, 9.17) is 5.73 Å². The molecule has 0 atom stereocenters. The van der Waals surface area contributed by atoms with Crippen LogP contribution >= 0.6 is 0 Å². The molecule has 6 nitrogen and oxygen atoms in total. The van der Waals surface area contributed by atoms with Crippen LogP contribution in [0.25, 0.3) is 21.9 Å². The molecule has 0 saturated carbocycles. The summed E-state index contributed by atoms with van der Waals surface area (Å²) in [4.78, 5) is 11.9. The molecule has 0 unspecified atom stereocenters. The van der Waals surface area contributed by atoms with E-state index < -0.39 is 0 Å². The molecule has 0 saturated heterocycles. The first-order valence-corrected chi connectivity index (χ1v) is 7.68. The Kier molecular flexibility index (Phi) is 3.23. The third-order valence-corrected chi connectivity index (χ3v) is 4.09. The number of aromatic nitrogens is 3. The van der Waals surface area contributed by atoms with Crippen molar-refractivity contribution >= 4 is 33.7 Å². The number of nitrogen functional groups attached to an aromatic ring is 1. The van der Waals surface area contributed by atoms with Gasteiger partial charge in [0.1, 0.15) is 17.2 Å². The van der Waals surface area contributed by atoms with E-state index in [9.17, 15) is 5.11 Å². The highest BCUT2D eigenvalue weighted by Crippen LogP contribution is 2.33. The number of phenols is 1. The summed E-state index contributed by atoms with van der Waals surface area (Å²) >= 11 is 0.